The minimum Gasteiger partial charge on any atom is -0.380 e. The van der Waals surface area contributed by atoms with Crippen LogP contribution in [0, 0.1) is 0 Å². The third-order valence-corrected chi connectivity index (χ3v) is 4.18. The SMILES string of the molecule is CCCCOCCNS(=O)(=O)Cc1ccc(CN)cc1. The second-order valence-corrected chi connectivity index (χ2v) is 6.45. The molecule has 0 saturated heterocycles. The second-order valence-electron chi connectivity index (χ2n) is 4.64. The smallest absolute Gasteiger partial charge is 0.215 e. The lowest BCUT2D eigenvalue weighted by Gasteiger charge is -2.08. The summed E-state index contributed by atoms with van der Waals surface area (Å²) in [6.07, 6.45) is 2.07. The summed E-state index contributed by atoms with van der Waals surface area (Å²) in [6.45, 7) is 3.94. The van der Waals surface area contributed by atoms with Crippen molar-refractivity contribution in [2.75, 3.05) is 19.8 Å². The van der Waals surface area contributed by atoms with Crippen molar-refractivity contribution in [3.05, 3.63) is 35.4 Å². The summed E-state index contributed by atoms with van der Waals surface area (Å²) in [6, 6.07) is 7.27. The van der Waals surface area contributed by atoms with E-state index in [4.69, 9.17) is 10.5 Å². The molecular weight excluding hydrogens is 276 g/mol. The van der Waals surface area contributed by atoms with Crippen LogP contribution in [0.1, 0.15) is 30.9 Å². The summed E-state index contributed by atoms with van der Waals surface area (Å²) in [5.41, 5.74) is 7.24. The fourth-order valence-corrected chi connectivity index (χ4v) is 2.79. The van der Waals surface area contributed by atoms with Crippen molar-refractivity contribution in [2.24, 2.45) is 5.73 Å². The lowest BCUT2D eigenvalue weighted by molar-refractivity contribution is 0.136. The summed E-state index contributed by atoms with van der Waals surface area (Å²) in [4.78, 5) is 0. The molecule has 0 bridgehead atoms. The van der Waals surface area contributed by atoms with Gasteiger partial charge in [-0.1, -0.05) is 37.6 Å². The highest BCUT2D eigenvalue weighted by molar-refractivity contribution is 7.88. The molecular formula is C14H24N2O3S. The highest BCUT2D eigenvalue weighted by atomic mass is 32.2. The highest BCUT2D eigenvalue weighted by Gasteiger charge is 2.10. The maximum atomic E-state index is 11.9. The Balaban J connectivity index is 2.33. The Morgan fingerprint density at radius 1 is 1.15 bits per heavy atom. The molecule has 0 heterocycles. The van der Waals surface area contributed by atoms with Crippen molar-refractivity contribution in [2.45, 2.75) is 32.1 Å². The number of unbranched alkanes of at least 4 members (excludes halogenated alkanes) is 1. The van der Waals surface area contributed by atoms with Gasteiger partial charge in [-0.2, -0.15) is 0 Å². The number of sulfonamides is 1. The van der Waals surface area contributed by atoms with Gasteiger partial charge in [0, 0.05) is 19.7 Å². The molecule has 0 aliphatic heterocycles. The number of rotatable bonds is 10. The van der Waals surface area contributed by atoms with Gasteiger partial charge in [0.15, 0.2) is 0 Å². The standard InChI is InChI=1S/C14H24N2O3S/c1-2-3-9-19-10-8-16-20(17,18)12-14-6-4-13(11-15)5-7-14/h4-7,16H,2-3,8-12,15H2,1H3. The van der Waals surface area contributed by atoms with Crippen molar-refractivity contribution < 1.29 is 13.2 Å². The Morgan fingerprint density at radius 2 is 1.80 bits per heavy atom. The molecule has 114 valence electrons. The van der Waals surface area contributed by atoms with Gasteiger partial charge in [-0.25, -0.2) is 13.1 Å². The number of nitrogens with one attached hydrogen (secondary N) is 1. The van der Waals surface area contributed by atoms with Gasteiger partial charge >= 0.3 is 0 Å². The second kappa shape index (κ2) is 9.07. The molecule has 0 spiro atoms. The van der Waals surface area contributed by atoms with Gasteiger partial charge < -0.3 is 10.5 Å². The summed E-state index contributed by atoms with van der Waals surface area (Å²) in [5, 5.41) is 0. The zero-order valence-electron chi connectivity index (χ0n) is 12.0. The zero-order valence-corrected chi connectivity index (χ0v) is 12.8. The monoisotopic (exact) mass is 300 g/mol. The van der Waals surface area contributed by atoms with Gasteiger partial charge in [0.25, 0.3) is 0 Å². The number of hydrogen-bond donors (Lipinski definition) is 2. The molecule has 5 nitrogen and oxygen atoms in total. The van der Waals surface area contributed by atoms with Crippen LogP contribution in [0.15, 0.2) is 24.3 Å². The molecule has 0 aliphatic rings. The number of hydrogen-bond acceptors (Lipinski definition) is 4. The lowest BCUT2D eigenvalue weighted by atomic mass is 10.1. The number of nitrogens with two attached hydrogens (primary N) is 1. The molecule has 0 aliphatic carbocycles. The first-order chi connectivity index (χ1) is 9.57. The lowest BCUT2D eigenvalue weighted by Crippen LogP contribution is -2.28. The molecule has 1 aromatic carbocycles. The van der Waals surface area contributed by atoms with Gasteiger partial charge in [-0.3, -0.25) is 0 Å². The van der Waals surface area contributed by atoms with Crippen LogP contribution in [-0.2, 0) is 27.1 Å². The highest BCUT2D eigenvalue weighted by Crippen LogP contribution is 2.07. The van der Waals surface area contributed by atoms with E-state index < -0.39 is 10.0 Å². The van der Waals surface area contributed by atoms with E-state index in [-0.39, 0.29) is 5.75 Å². The summed E-state index contributed by atoms with van der Waals surface area (Å²) in [5.74, 6) is -0.0210. The van der Waals surface area contributed by atoms with Crippen LogP contribution in [0.2, 0.25) is 0 Å². The van der Waals surface area contributed by atoms with Gasteiger partial charge in [-0.15, -0.1) is 0 Å². The van der Waals surface area contributed by atoms with Crippen LogP contribution >= 0.6 is 0 Å². The third kappa shape index (κ3) is 7.00. The van der Waals surface area contributed by atoms with E-state index in [2.05, 4.69) is 11.6 Å². The zero-order chi connectivity index (χ0) is 14.8. The fourth-order valence-electron chi connectivity index (χ4n) is 1.66. The summed E-state index contributed by atoms with van der Waals surface area (Å²) in [7, 11) is -3.31. The Labute approximate surface area is 121 Å². The molecule has 0 aromatic heterocycles. The van der Waals surface area contributed by atoms with E-state index >= 15 is 0 Å². The summed E-state index contributed by atoms with van der Waals surface area (Å²) < 4.78 is 31.5. The molecule has 0 amide bonds. The minimum atomic E-state index is -3.31. The van der Waals surface area contributed by atoms with Crippen molar-refractivity contribution in [1.29, 1.82) is 0 Å². The Kier molecular flexibility index (Phi) is 7.76. The van der Waals surface area contributed by atoms with Crippen molar-refractivity contribution >= 4 is 10.0 Å². The minimum absolute atomic E-state index is 0.0210. The Hall–Kier alpha value is -0.950. The molecule has 0 atom stereocenters. The van der Waals surface area contributed by atoms with E-state index in [1.54, 1.807) is 12.1 Å². The molecule has 1 aromatic rings. The normalized spacial score (nSPS) is 11.7. The maximum absolute atomic E-state index is 11.9. The van der Waals surface area contributed by atoms with Crippen molar-refractivity contribution in [1.82, 2.24) is 4.72 Å². The number of benzene rings is 1. The van der Waals surface area contributed by atoms with E-state index in [0.29, 0.717) is 26.3 Å². The van der Waals surface area contributed by atoms with E-state index in [0.717, 1.165) is 24.0 Å². The van der Waals surface area contributed by atoms with Gasteiger partial charge in [0.05, 0.1) is 12.4 Å². The van der Waals surface area contributed by atoms with E-state index in [1.165, 1.54) is 0 Å². The van der Waals surface area contributed by atoms with Crippen LogP contribution in [0.25, 0.3) is 0 Å². The molecule has 1 rings (SSSR count). The number of ether oxygens (including phenoxy) is 1. The first-order valence-corrected chi connectivity index (χ1v) is 8.55. The predicted molar refractivity (Wildman–Crippen MR) is 80.7 cm³/mol. The first-order valence-electron chi connectivity index (χ1n) is 6.90. The maximum Gasteiger partial charge on any atom is 0.215 e. The molecule has 20 heavy (non-hydrogen) atoms. The molecule has 6 heteroatoms. The largest absolute Gasteiger partial charge is 0.380 e. The molecule has 0 unspecified atom stereocenters. The predicted octanol–water partition coefficient (Wildman–Crippen LogP) is 1.38. The summed E-state index contributed by atoms with van der Waals surface area (Å²) >= 11 is 0. The van der Waals surface area contributed by atoms with Crippen LogP contribution in [0.5, 0.6) is 0 Å². The van der Waals surface area contributed by atoms with Gasteiger partial charge in [0.2, 0.25) is 10.0 Å². The van der Waals surface area contributed by atoms with Crippen LogP contribution in [-0.4, -0.2) is 28.2 Å². The quantitative estimate of drug-likeness (QED) is 0.640. The third-order valence-electron chi connectivity index (χ3n) is 2.83. The Morgan fingerprint density at radius 3 is 2.40 bits per heavy atom. The average Bonchev–Trinajstić information content (AvgIpc) is 2.43. The van der Waals surface area contributed by atoms with Crippen LogP contribution in [0.4, 0.5) is 0 Å². The van der Waals surface area contributed by atoms with Crippen LogP contribution < -0.4 is 10.5 Å². The molecule has 3 N–H and O–H groups in total. The topological polar surface area (TPSA) is 81.4 Å². The Bertz CT molecular complexity index is 472. The van der Waals surface area contributed by atoms with Gasteiger partial charge in [0.1, 0.15) is 0 Å². The van der Waals surface area contributed by atoms with Gasteiger partial charge in [-0.05, 0) is 17.5 Å². The van der Waals surface area contributed by atoms with E-state index in [1.807, 2.05) is 12.1 Å². The van der Waals surface area contributed by atoms with E-state index in [9.17, 15) is 8.42 Å². The van der Waals surface area contributed by atoms with Crippen molar-refractivity contribution in [3.63, 3.8) is 0 Å². The molecule has 0 saturated carbocycles. The first kappa shape index (κ1) is 17.1. The molecule has 0 radical (unpaired) electrons. The fraction of sp³-hybridized carbons (Fsp3) is 0.571. The van der Waals surface area contributed by atoms with Crippen LogP contribution in [0.3, 0.4) is 0 Å². The van der Waals surface area contributed by atoms with Crippen molar-refractivity contribution in [3.8, 4) is 0 Å². The average molecular weight is 300 g/mol. The molecule has 0 fully saturated rings.